The highest BCUT2D eigenvalue weighted by atomic mass is 16.1. The first kappa shape index (κ1) is 16.1. The van der Waals surface area contributed by atoms with E-state index in [-0.39, 0.29) is 23.4 Å². The van der Waals surface area contributed by atoms with Gasteiger partial charge >= 0.3 is 0 Å². The predicted molar refractivity (Wildman–Crippen MR) is 92.5 cm³/mol. The van der Waals surface area contributed by atoms with Crippen LogP contribution >= 0.6 is 0 Å². The largest absolute Gasteiger partial charge is 0.298 e. The smallest absolute Gasteiger partial charge is 0.253 e. The van der Waals surface area contributed by atoms with Gasteiger partial charge in [0.25, 0.3) is 5.56 Å². The maximum absolute atomic E-state index is 12.4. The number of carbonyl (C=O) groups excluding carboxylic acids is 1. The molecule has 0 amide bonds. The van der Waals surface area contributed by atoms with Gasteiger partial charge < -0.3 is 0 Å². The number of nitrogens with one attached hydrogen (secondary N) is 1. The van der Waals surface area contributed by atoms with E-state index >= 15 is 0 Å². The Labute approximate surface area is 145 Å². The molecule has 4 rings (SSSR count). The highest BCUT2D eigenvalue weighted by Crippen LogP contribution is 2.37. The van der Waals surface area contributed by atoms with Crippen LogP contribution in [0.25, 0.3) is 11.3 Å². The quantitative estimate of drug-likeness (QED) is 0.901. The summed E-state index contributed by atoms with van der Waals surface area (Å²) in [6.07, 6.45) is 5.18. The standard InChI is InChI=1S/C18H21N5O2/c1-11(24)17-13-5-8-23(17)21-15(9-13)18-20-14(10-16(25)22(18)2)12-3-6-19-7-4-12/h3-4,6-7,10,13,15,17,21H,5,8-9H2,1-2H3. The average molecular weight is 339 g/mol. The molecule has 4 unspecified atom stereocenters. The van der Waals surface area contributed by atoms with E-state index in [1.54, 1.807) is 37.0 Å². The van der Waals surface area contributed by atoms with Gasteiger partial charge in [-0.1, -0.05) is 0 Å². The third-order valence-corrected chi connectivity index (χ3v) is 5.26. The van der Waals surface area contributed by atoms with E-state index in [1.807, 2.05) is 17.1 Å². The molecule has 0 aliphatic carbocycles. The van der Waals surface area contributed by atoms with Gasteiger partial charge in [0, 0.05) is 37.6 Å². The molecule has 25 heavy (non-hydrogen) atoms. The Morgan fingerprint density at radius 1 is 1.32 bits per heavy atom. The van der Waals surface area contributed by atoms with Gasteiger partial charge in [0.1, 0.15) is 11.6 Å². The Balaban J connectivity index is 1.71. The second-order valence-electron chi connectivity index (χ2n) is 6.85. The summed E-state index contributed by atoms with van der Waals surface area (Å²) in [6, 6.07) is 5.12. The van der Waals surface area contributed by atoms with E-state index in [1.165, 1.54) is 0 Å². The summed E-state index contributed by atoms with van der Waals surface area (Å²) in [4.78, 5) is 33.1. The van der Waals surface area contributed by atoms with Crippen LogP contribution in [-0.4, -0.2) is 37.9 Å². The lowest BCUT2D eigenvalue weighted by Crippen LogP contribution is -2.53. The van der Waals surface area contributed by atoms with Gasteiger partial charge in [-0.3, -0.25) is 19.1 Å². The number of hydrogen-bond acceptors (Lipinski definition) is 6. The molecule has 2 aliphatic heterocycles. The fraction of sp³-hybridized carbons (Fsp3) is 0.444. The molecular weight excluding hydrogens is 318 g/mol. The van der Waals surface area contributed by atoms with Gasteiger partial charge in [-0.15, -0.1) is 0 Å². The molecule has 0 saturated carbocycles. The van der Waals surface area contributed by atoms with Crippen LogP contribution < -0.4 is 11.0 Å². The van der Waals surface area contributed by atoms with Gasteiger partial charge in [0.15, 0.2) is 0 Å². The van der Waals surface area contributed by atoms with Crippen LogP contribution in [0.15, 0.2) is 35.4 Å². The van der Waals surface area contributed by atoms with Crippen molar-refractivity contribution >= 4 is 5.78 Å². The van der Waals surface area contributed by atoms with Crippen molar-refractivity contribution in [2.24, 2.45) is 13.0 Å². The molecule has 2 aliphatic rings. The summed E-state index contributed by atoms with van der Waals surface area (Å²) in [6.45, 7) is 2.50. The number of pyridine rings is 1. The van der Waals surface area contributed by atoms with Crippen molar-refractivity contribution in [1.29, 1.82) is 0 Å². The van der Waals surface area contributed by atoms with E-state index in [0.29, 0.717) is 17.4 Å². The maximum Gasteiger partial charge on any atom is 0.253 e. The molecule has 2 aromatic rings. The zero-order chi connectivity index (χ0) is 17.6. The number of carbonyl (C=O) groups is 1. The lowest BCUT2D eigenvalue weighted by Gasteiger charge is -2.37. The van der Waals surface area contributed by atoms with E-state index in [9.17, 15) is 9.59 Å². The van der Waals surface area contributed by atoms with Crippen LogP contribution in [0.5, 0.6) is 0 Å². The molecular formula is C18H21N5O2. The molecule has 4 atom stereocenters. The van der Waals surface area contributed by atoms with Gasteiger partial charge in [-0.2, -0.15) is 0 Å². The number of Topliss-reactive ketones (excluding diaryl/α,β-unsaturated/α-hetero) is 1. The average Bonchev–Trinajstić information content (AvgIpc) is 2.89. The zero-order valence-electron chi connectivity index (χ0n) is 14.3. The number of hydrazine groups is 1. The summed E-state index contributed by atoms with van der Waals surface area (Å²) in [5.41, 5.74) is 4.85. The molecule has 2 saturated heterocycles. The SMILES string of the molecule is CC(=O)C1C2CCN1NC(c1nc(-c3ccncc3)cc(=O)n1C)C2. The first-order chi connectivity index (χ1) is 12.0. The lowest BCUT2D eigenvalue weighted by atomic mass is 9.89. The molecule has 7 nitrogen and oxygen atoms in total. The Morgan fingerprint density at radius 2 is 2.08 bits per heavy atom. The summed E-state index contributed by atoms with van der Waals surface area (Å²) < 4.78 is 1.59. The fourth-order valence-corrected chi connectivity index (χ4v) is 4.06. The van der Waals surface area contributed by atoms with Crippen molar-refractivity contribution in [1.82, 2.24) is 25.0 Å². The predicted octanol–water partition coefficient (Wildman–Crippen LogP) is 1.07. The minimum Gasteiger partial charge on any atom is -0.298 e. The molecule has 4 heterocycles. The van der Waals surface area contributed by atoms with Crippen LogP contribution in [-0.2, 0) is 11.8 Å². The number of hydrogen-bond donors (Lipinski definition) is 1. The van der Waals surface area contributed by atoms with Crippen molar-refractivity contribution < 1.29 is 4.79 Å². The fourth-order valence-electron chi connectivity index (χ4n) is 4.06. The van der Waals surface area contributed by atoms with Gasteiger partial charge in [0.05, 0.1) is 17.8 Å². The van der Waals surface area contributed by atoms with Crippen LogP contribution in [0.1, 0.15) is 31.6 Å². The maximum atomic E-state index is 12.4. The number of nitrogens with zero attached hydrogens (tertiary/aromatic N) is 4. The van der Waals surface area contributed by atoms with Crippen molar-refractivity contribution in [3.63, 3.8) is 0 Å². The molecule has 130 valence electrons. The van der Waals surface area contributed by atoms with Crippen molar-refractivity contribution in [3.05, 3.63) is 46.8 Å². The van der Waals surface area contributed by atoms with E-state index in [0.717, 1.165) is 24.9 Å². The van der Waals surface area contributed by atoms with Crippen LogP contribution in [0.4, 0.5) is 0 Å². The summed E-state index contributed by atoms with van der Waals surface area (Å²) in [5, 5.41) is 2.02. The Kier molecular flexibility index (Phi) is 3.97. The van der Waals surface area contributed by atoms with Gasteiger partial charge in [0.2, 0.25) is 0 Å². The zero-order valence-corrected chi connectivity index (χ0v) is 14.3. The second-order valence-corrected chi connectivity index (χ2v) is 6.85. The molecule has 0 radical (unpaired) electrons. The Morgan fingerprint density at radius 3 is 2.76 bits per heavy atom. The number of aromatic nitrogens is 3. The summed E-state index contributed by atoms with van der Waals surface area (Å²) in [7, 11) is 1.75. The monoisotopic (exact) mass is 339 g/mol. The molecule has 7 heteroatoms. The van der Waals surface area contributed by atoms with Crippen LogP contribution in [0.2, 0.25) is 0 Å². The minimum absolute atomic E-state index is 0.0586. The highest BCUT2D eigenvalue weighted by molar-refractivity contribution is 5.82. The van der Waals surface area contributed by atoms with Gasteiger partial charge in [-0.05, 0) is 37.8 Å². The Bertz CT molecular complexity index is 850. The van der Waals surface area contributed by atoms with E-state index in [2.05, 4.69) is 10.4 Å². The lowest BCUT2D eigenvalue weighted by molar-refractivity contribution is -0.125. The van der Waals surface area contributed by atoms with Crippen LogP contribution in [0, 0.1) is 5.92 Å². The van der Waals surface area contributed by atoms with Crippen molar-refractivity contribution in [2.45, 2.75) is 31.8 Å². The normalized spacial score (nSPS) is 28.1. The van der Waals surface area contributed by atoms with Crippen LogP contribution in [0.3, 0.4) is 0 Å². The molecule has 1 N–H and O–H groups in total. The Hall–Kier alpha value is -2.38. The third-order valence-electron chi connectivity index (χ3n) is 5.26. The number of ketones is 1. The number of fused-ring (bicyclic) bond motifs is 2. The van der Waals surface area contributed by atoms with Gasteiger partial charge in [-0.25, -0.2) is 15.4 Å². The molecule has 2 bridgehead atoms. The molecule has 2 fully saturated rings. The first-order valence-electron chi connectivity index (χ1n) is 8.56. The van der Waals surface area contributed by atoms with E-state index in [4.69, 9.17) is 4.98 Å². The second kappa shape index (κ2) is 6.16. The molecule has 0 aromatic carbocycles. The molecule has 0 spiro atoms. The van der Waals surface area contributed by atoms with Crippen molar-refractivity contribution in [2.75, 3.05) is 6.54 Å². The minimum atomic E-state index is -0.0883. The van der Waals surface area contributed by atoms with E-state index < -0.39 is 0 Å². The summed E-state index contributed by atoms with van der Waals surface area (Å²) >= 11 is 0. The van der Waals surface area contributed by atoms with Crippen molar-refractivity contribution in [3.8, 4) is 11.3 Å². The first-order valence-corrected chi connectivity index (χ1v) is 8.56. The third kappa shape index (κ3) is 2.79. The summed E-state index contributed by atoms with van der Waals surface area (Å²) in [5.74, 6) is 1.21. The topological polar surface area (TPSA) is 80.1 Å². The number of rotatable bonds is 3. The highest BCUT2D eigenvalue weighted by Gasteiger charge is 2.44. The molecule has 2 aromatic heterocycles.